The van der Waals surface area contributed by atoms with E-state index in [1.165, 1.54) is 0 Å². The third-order valence-corrected chi connectivity index (χ3v) is 4.20. The summed E-state index contributed by atoms with van der Waals surface area (Å²) >= 11 is 0. The van der Waals surface area contributed by atoms with Gasteiger partial charge in [0.15, 0.2) is 6.10 Å². The van der Waals surface area contributed by atoms with Crippen LogP contribution in [0.2, 0.25) is 0 Å². The molecule has 0 amide bonds. The Morgan fingerprint density at radius 2 is 1.95 bits per heavy atom. The lowest BCUT2D eigenvalue weighted by molar-refractivity contribution is -0.493. The van der Waals surface area contributed by atoms with Crippen LogP contribution in [-0.4, -0.2) is 19.3 Å². The standard InChI is InChI=1S/C17H17NO3/c1-3-9-16-11-19-17(20-12-16,21-15(16)10-18)14-7-5-13(4-2)6-8-14/h2,5-8,15H,3,9,11-12H2,1H3. The second-order valence-electron chi connectivity index (χ2n) is 5.59. The fourth-order valence-electron chi connectivity index (χ4n) is 3.00. The second kappa shape index (κ2) is 5.16. The van der Waals surface area contributed by atoms with Crippen molar-refractivity contribution < 1.29 is 14.2 Å². The SMILES string of the molecule is C#Cc1ccc(C23OCC(CCC)(CO2)C(C#N)O3)cc1. The lowest BCUT2D eigenvalue weighted by atomic mass is 9.77. The summed E-state index contributed by atoms with van der Waals surface area (Å²) in [6.45, 7) is 3.02. The largest absolute Gasteiger partial charge is 0.323 e. The lowest BCUT2D eigenvalue weighted by Gasteiger charge is -2.54. The van der Waals surface area contributed by atoms with E-state index in [0.717, 1.165) is 24.0 Å². The van der Waals surface area contributed by atoms with Gasteiger partial charge in [-0.15, -0.1) is 6.42 Å². The molecule has 0 spiro atoms. The molecule has 0 aromatic heterocycles. The molecule has 3 aliphatic heterocycles. The molecule has 3 heterocycles. The van der Waals surface area contributed by atoms with Gasteiger partial charge in [0, 0.05) is 11.1 Å². The second-order valence-corrected chi connectivity index (χ2v) is 5.59. The van der Waals surface area contributed by atoms with Gasteiger partial charge >= 0.3 is 5.97 Å². The number of benzene rings is 1. The molecule has 3 saturated heterocycles. The zero-order valence-electron chi connectivity index (χ0n) is 12.0. The van der Waals surface area contributed by atoms with Gasteiger partial charge in [-0.1, -0.05) is 19.3 Å². The quantitative estimate of drug-likeness (QED) is 0.800. The Bertz CT molecular complexity index is 600. The van der Waals surface area contributed by atoms with Crippen LogP contribution in [0, 0.1) is 29.1 Å². The minimum atomic E-state index is -1.27. The third kappa shape index (κ3) is 2.13. The number of hydrogen-bond donors (Lipinski definition) is 0. The number of fused-ring (bicyclic) bond motifs is 3. The molecule has 0 aliphatic carbocycles. The fraction of sp³-hybridized carbons (Fsp3) is 0.471. The first-order valence-electron chi connectivity index (χ1n) is 7.10. The average Bonchev–Trinajstić information content (AvgIpc) is 2.56. The van der Waals surface area contributed by atoms with Crippen molar-refractivity contribution in [1.82, 2.24) is 0 Å². The van der Waals surface area contributed by atoms with Gasteiger partial charge in [0.25, 0.3) is 0 Å². The van der Waals surface area contributed by atoms with Gasteiger partial charge in [-0.05, 0) is 30.7 Å². The van der Waals surface area contributed by atoms with Crippen molar-refractivity contribution in [2.24, 2.45) is 5.41 Å². The van der Waals surface area contributed by atoms with E-state index in [0.29, 0.717) is 13.2 Å². The van der Waals surface area contributed by atoms with Crippen molar-refractivity contribution >= 4 is 0 Å². The predicted molar refractivity (Wildman–Crippen MR) is 75.8 cm³/mol. The Hall–Kier alpha value is -1.85. The lowest BCUT2D eigenvalue weighted by Crippen LogP contribution is -2.62. The predicted octanol–water partition coefficient (Wildman–Crippen LogP) is 2.53. The van der Waals surface area contributed by atoms with Gasteiger partial charge in [0.1, 0.15) is 0 Å². The summed E-state index contributed by atoms with van der Waals surface area (Å²) in [7, 11) is 0. The molecule has 0 radical (unpaired) electrons. The summed E-state index contributed by atoms with van der Waals surface area (Å²) in [6.07, 6.45) is 6.64. The van der Waals surface area contributed by atoms with E-state index in [2.05, 4.69) is 18.9 Å². The number of rotatable bonds is 3. The van der Waals surface area contributed by atoms with Crippen LogP contribution in [0.3, 0.4) is 0 Å². The molecule has 4 heteroatoms. The topological polar surface area (TPSA) is 51.5 Å². The molecule has 3 aliphatic rings. The molecule has 1 unspecified atom stereocenters. The Morgan fingerprint density at radius 1 is 1.29 bits per heavy atom. The Kier molecular flexibility index (Phi) is 3.47. The smallest absolute Gasteiger partial charge is 0.313 e. The molecule has 1 aromatic rings. The van der Waals surface area contributed by atoms with E-state index in [4.69, 9.17) is 20.6 Å². The molecule has 4 nitrogen and oxygen atoms in total. The first-order valence-corrected chi connectivity index (χ1v) is 7.10. The molecule has 0 saturated carbocycles. The van der Waals surface area contributed by atoms with Crippen molar-refractivity contribution in [1.29, 1.82) is 5.26 Å². The maximum absolute atomic E-state index is 9.44. The third-order valence-electron chi connectivity index (χ3n) is 4.20. The Morgan fingerprint density at radius 3 is 2.48 bits per heavy atom. The van der Waals surface area contributed by atoms with Gasteiger partial charge in [-0.3, -0.25) is 0 Å². The number of ether oxygens (including phenoxy) is 3. The van der Waals surface area contributed by atoms with E-state index in [9.17, 15) is 5.26 Å². The monoisotopic (exact) mass is 283 g/mol. The van der Waals surface area contributed by atoms with Gasteiger partial charge in [-0.25, -0.2) is 0 Å². The highest BCUT2D eigenvalue weighted by Gasteiger charge is 2.59. The zero-order chi connectivity index (χ0) is 14.9. The highest BCUT2D eigenvalue weighted by molar-refractivity contribution is 5.35. The number of terminal acetylenes is 1. The fourth-order valence-corrected chi connectivity index (χ4v) is 3.00. The summed E-state index contributed by atoms with van der Waals surface area (Å²) in [4.78, 5) is 0. The van der Waals surface area contributed by atoms with Gasteiger partial charge in [0.2, 0.25) is 0 Å². The molecule has 2 bridgehead atoms. The summed E-state index contributed by atoms with van der Waals surface area (Å²) in [5.74, 6) is 1.29. The van der Waals surface area contributed by atoms with Gasteiger partial charge in [0.05, 0.1) is 24.7 Å². The average molecular weight is 283 g/mol. The zero-order valence-corrected chi connectivity index (χ0v) is 12.0. The molecule has 4 rings (SSSR count). The summed E-state index contributed by atoms with van der Waals surface area (Å²) in [5.41, 5.74) is 1.15. The van der Waals surface area contributed by atoms with E-state index in [-0.39, 0.29) is 5.41 Å². The normalized spacial score (nSPS) is 34.1. The first kappa shape index (κ1) is 14.1. The van der Waals surface area contributed by atoms with Crippen LogP contribution in [-0.2, 0) is 20.2 Å². The molecular weight excluding hydrogens is 266 g/mol. The molecular formula is C17H17NO3. The van der Waals surface area contributed by atoms with Gasteiger partial charge in [-0.2, -0.15) is 5.26 Å². The highest BCUT2D eigenvalue weighted by atomic mass is 16.9. The molecule has 1 atom stereocenters. The van der Waals surface area contributed by atoms with E-state index < -0.39 is 12.1 Å². The van der Waals surface area contributed by atoms with E-state index in [1.807, 2.05) is 24.3 Å². The summed E-state index contributed by atoms with van der Waals surface area (Å²) < 4.78 is 17.6. The number of hydrogen-bond acceptors (Lipinski definition) is 4. The maximum Gasteiger partial charge on any atom is 0.313 e. The van der Waals surface area contributed by atoms with Crippen molar-refractivity contribution in [3.63, 3.8) is 0 Å². The molecule has 1 aromatic carbocycles. The van der Waals surface area contributed by atoms with Crippen LogP contribution in [0.4, 0.5) is 0 Å². The Labute approximate surface area is 124 Å². The van der Waals surface area contributed by atoms with Crippen LogP contribution >= 0.6 is 0 Å². The van der Waals surface area contributed by atoms with E-state index >= 15 is 0 Å². The van der Waals surface area contributed by atoms with E-state index in [1.54, 1.807) is 0 Å². The van der Waals surface area contributed by atoms with Crippen LogP contribution in [0.25, 0.3) is 0 Å². The van der Waals surface area contributed by atoms with Crippen molar-refractivity contribution in [3.8, 4) is 18.4 Å². The summed E-state index contributed by atoms with van der Waals surface area (Å²) in [5, 5.41) is 9.44. The maximum atomic E-state index is 9.44. The summed E-state index contributed by atoms with van der Waals surface area (Å²) in [6, 6.07) is 9.53. The molecule has 0 N–H and O–H groups in total. The van der Waals surface area contributed by atoms with Crippen molar-refractivity contribution in [3.05, 3.63) is 35.4 Å². The molecule has 108 valence electrons. The Balaban J connectivity index is 1.91. The first-order chi connectivity index (χ1) is 10.2. The van der Waals surface area contributed by atoms with Gasteiger partial charge < -0.3 is 14.2 Å². The molecule has 3 fully saturated rings. The van der Waals surface area contributed by atoms with Crippen LogP contribution in [0.15, 0.2) is 24.3 Å². The van der Waals surface area contributed by atoms with Crippen molar-refractivity contribution in [2.75, 3.05) is 13.2 Å². The van der Waals surface area contributed by atoms with Crippen LogP contribution in [0.1, 0.15) is 30.9 Å². The number of nitriles is 1. The minimum Gasteiger partial charge on any atom is -0.323 e. The van der Waals surface area contributed by atoms with Crippen molar-refractivity contribution in [2.45, 2.75) is 31.8 Å². The van der Waals surface area contributed by atoms with Crippen LogP contribution < -0.4 is 0 Å². The minimum absolute atomic E-state index is 0.357. The highest BCUT2D eigenvalue weighted by Crippen LogP contribution is 2.49. The molecule has 21 heavy (non-hydrogen) atoms. The number of nitrogens with zero attached hydrogens (tertiary/aromatic N) is 1. The van der Waals surface area contributed by atoms with Crippen LogP contribution in [0.5, 0.6) is 0 Å².